The summed E-state index contributed by atoms with van der Waals surface area (Å²) in [7, 11) is 7.70. The minimum Gasteiger partial charge on any atom is -0.378 e. The number of non-ortho nitro benzene ring substituents is 2. The Kier molecular flexibility index (Phi) is 10.5. The molecule has 0 aliphatic heterocycles. The summed E-state index contributed by atoms with van der Waals surface area (Å²) in [4.78, 5) is 27.7. The van der Waals surface area contributed by atoms with Gasteiger partial charge in [0.2, 0.25) is 0 Å². The molecule has 0 aromatic heterocycles. The highest BCUT2D eigenvalue weighted by Gasteiger charge is 2.51. The molecular weight excluding hydrogens is 711 g/mol. The van der Waals surface area contributed by atoms with Crippen LogP contribution in [-0.4, -0.2) is 38.0 Å². The number of ether oxygens (including phenoxy) is 1. The first-order valence-electron chi connectivity index (χ1n) is 16.6. The molecule has 0 saturated carbocycles. The maximum absolute atomic E-state index is 12.4. The van der Waals surface area contributed by atoms with E-state index in [1.165, 1.54) is 36.4 Å². The van der Waals surface area contributed by atoms with Gasteiger partial charge in [-0.05, 0) is 58.7 Å². The third-order valence-electron chi connectivity index (χ3n) is 9.33. The fourth-order valence-electron chi connectivity index (χ4n) is 6.66. The Labute approximate surface area is 317 Å². The monoisotopic (exact) mass is 746 g/mol. The van der Waals surface area contributed by atoms with Crippen molar-refractivity contribution in [1.82, 2.24) is 0 Å². The molecule has 0 N–H and O–H groups in total. The third-order valence-corrected chi connectivity index (χ3v) is 9.99. The third kappa shape index (κ3) is 6.94. The largest absolute Gasteiger partial charge is 0.378 e. The van der Waals surface area contributed by atoms with E-state index in [9.17, 15) is 20.2 Å². The van der Waals surface area contributed by atoms with Crippen LogP contribution in [0.2, 0.25) is 10.0 Å². The number of hydrogen-bond acceptors (Lipinski definition) is 7. The summed E-state index contributed by atoms with van der Waals surface area (Å²) >= 11 is 14.3. The summed E-state index contributed by atoms with van der Waals surface area (Å²) in [5.74, 6) is 0. The lowest BCUT2D eigenvalue weighted by Crippen LogP contribution is -2.45. The van der Waals surface area contributed by atoms with Gasteiger partial charge in [-0.25, -0.2) is 0 Å². The molecule has 0 saturated heterocycles. The van der Waals surface area contributed by atoms with Gasteiger partial charge in [-0.3, -0.25) is 20.2 Å². The molecule has 6 aromatic carbocycles. The van der Waals surface area contributed by atoms with Gasteiger partial charge in [0.1, 0.15) is 11.2 Å². The molecule has 2 unspecified atom stereocenters. The van der Waals surface area contributed by atoms with Gasteiger partial charge in [0.05, 0.1) is 9.85 Å². The molecular formula is C42H36Cl2N4O5. The maximum Gasteiger partial charge on any atom is 0.269 e. The van der Waals surface area contributed by atoms with Gasteiger partial charge in [-0.2, -0.15) is 0 Å². The zero-order chi connectivity index (χ0) is 37.9. The van der Waals surface area contributed by atoms with Gasteiger partial charge in [0, 0.05) is 85.0 Å². The number of rotatable bonds is 12. The number of hydrogen-bond donors (Lipinski definition) is 0. The highest BCUT2D eigenvalue weighted by atomic mass is 35.5. The van der Waals surface area contributed by atoms with Crippen molar-refractivity contribution >= 4 is 46.0 Å². The van der Waals surface area contributed by atoms with Crippen molar-refractivity contribution in [3.63, 3.8) is 0 Å². The Morgan fingerprint density at radius 3 is 1.11 bits per heavy atom. The van der Waals surface area contributed by atoms with Crippen LogP contribution < -0.4 is 9.80 Å². The molecule has 2 atom stereocenters. The molecule has 0 amide bonds. The predicted molar refractivity (Wildman–Crippen MR) is 211 cm³/mol. The van der Waals surface area contributed by atoms with E-state index in [2.05, 4.69) is 0 Å². The van der Waals surface area contributed by atoms with Crippen molar-refractivity contribution in [2.24, 2.45) is 0 Å². The Bertz CT molecular complexity index is 2090. The molecule has 6 aromatic rings. The molecule has 0 aliphatic carbocycles. The standard InChI is InChI=1S/C42H36Cl2N4O5/c1-45(2)33-19-15-31(16-20-33)41(29-11-7-5-8-12-29,37-27-35(47(49)50)23-25-39(37)43)53-42(30-13-9-6-10-14-30,32-17-21-34(22-18-32)46(3)4)38-28-36(48(51)52)24-26-40(38)44/h5-28H,1-4H3. The number of nitrogens with zero attached hydrogens (tertiary/aromatic N) is 4. The van der Waals surface area contributed by atoms with Crippen LogP contribution in [-0.2, 0) is 15.9 Å². The van der Waals surface area contributed by atoms with Crippen LogP contribution in [0.25, 0.3) is 0 Å². The minimum atomic E-state index is -1.71. The van der Waals surface area contributed by atoms with Crippen LogP contribution in [0.1, 0.15) is 33.4 Å². The molecule has 0 heterocycles. The van der Waals surface area contributed by atoms with E-state index in [0.29, 0.717) is 22.3 Å². The first kappa shape index (κ1) is 37.0. The van der Waals surface area contributed by atoms with Crippen LogP contribution in [0.4, 0.5) is 22.7 Å². The SMILES string of the molecule is CN(C)c1ccc(C(OC(c2ccccc2)(c2ccc(N(C)C)cc2)c2cc([N+](=O)[O-])ccc2Cl)(c2ccccc2)c2cc([N+](=O)[O-])ccc2Cl)cc1. The van der Waals surface area contributed by atoms with E-state index < -0.39 is 21.0 Å². The van der Waals surface area contributed by atoms with Gasteiger partial charge in [0.25, 0.3) is 11.4 Å². The summed E-state index contributed by atoms with van der Waals surface area (Å²) in [5.41, 5.74) is 0.892. The number of nitro benzene ring substituents is 2. The van der Waals surface area contributed by atoms with E-state index in [1.54, 1.807) is 0 Å². The van der Waals surface area contributed by atoms with Crippen LogP contribution >= 0.6 is 23.2 Å². The van der Waals surface area contributed by atoms with Gasteiger partial charge < -0.3 is 14.5 Å². The van der Waals surface area contributed by atoms with Crippen LogP contribution in [0.15, 0.2) is 146 Å². The fourth-order valence-corrected chi connectivity index (χ4v) is 7.16. The van der Waals surface area contributed by atoms with Crippen molar-refractivity contribution in [2.75, 3.05) is 38.0 Å². The molecule has 0 fully saturated rings. The van der Waals surface area contributed by atoms with Crippen molar-refractivity contribution in [3.05, 3.63) is 209 Å². The van der Waals surface area contributed by atoms with E-state index in [0.717, 1.165) is 11.4 Å². The average molecular weight is 748 g/mol. The lowest BCUT2D eigenvalue weighted by atomic mass is 9.75. The molecule has 0 aliphatic rings. The Morgan fingerprint density at radius 2 is 0.811 bits per heavy atom. The molecule has 0 radical (unpaired) electrons. The van der Waals surface area contributed by atoms with Crippen LogP contribution in [0.3, 0.4) is 0 Å². The molecule has 0 spiro atoms. The predicted octanol–water partition coefficient (Wildman–Crippen LogP) is 10.2. The molecule has 11 heteroatoms. The molecule has 6 rings (SSSR count). The lowest BCUT2D eigenvalue weighted by Gasteiger charge is -2.46. The molecule has 53 heavy (non-hydrogen) atoms. The van der Waals surface area contributed by atoms with Gasteiger partial charge in [-0.1, -0.05) is 108 Å². The summed E-state index contributed by atoms with van der Waals surface area (Å²) in [6.45, 7) is 0. The minimum absolute atomic E-state index is 0.200. The van der Waals surface area contributed by atoms with E-state index in [-0.39, 0.29) is 32.5 Å². The molecule has 0 bridgehead atoms. The summed E-state index contributed by atoms with van der Waals surface area (Å²) in [6, 6.07) is 42.4. The van der Waals surface area contributed by atoms with E-state index in [4.69, 9.17) is 27.9 Å². The first-order chi connectivity index (χ1) is 25.4. The van der Waals surface area contributed by atoms with Crippen LogP contribution in [0.5, 0.6) is 0 Å². The second-order valence-corrected chi connectivity index (χ2v) is 13.7. The number of nitro groups is 2. The van der Waals surface area contributed by atoms with E-state index >= 15 is 0 Å². The zero-order valence-corrected chi connectivity index (χ0v) is 31.0. The number of benzene rings is 6. The Balaban J connectivity index is 1.85. The van der Waals surface area contributed by atoms with Gasteiger partial charge in [-0.15, -0.1) is 0 Å². The van der Waals surface area contributed by atoms with Crippen molar-refractivity contribution < 1.29 is 14.6 Å². The first-order valence-corrected chi connectivity index (χ1v) is 17.4. The second-order valence-electron chi connectivity index (χ2n) is 12.9. The molecule has 9 nitrogen and oxygen atoms in total. The van der Waals surface area contributed by atoms with Crippen molar-refractivity contribution in [1.29, 1.82) is 0 Å². The number of anilines is 2. The van der Waals surface area contributed by atoms with E-state index in [1.807, 2.05) is 147 Å². The normalized spacial score (nSPS) is 13.4. The highest BCUT2D eigenvalue weighted by Crippen LogP contribution is 2.54. The summed E-state index contributed by atoms with van der Waals surface area (Å²) in [6.07, 6.45) is 0. The smallest absolute Gasteiger partial charge is 0.269 e. The lowest BCUT2D eigenvalue weighted by molar-refractivity contribution is -0.385. The Hall–Kier alpha value is -5.74. The maximum atomic E-state index is 12.4. The summed E-state index contributed by atoms with van der Waals surface area (Å²) < 4.78 is 7.93. The topological polar surface area (TPSA) is 102 Å². The van der Waals surface area contributed by atoms with Gasteiger partial charge >= 0.3 is 0 Å². The van der Waals surface area contributed by atoms with Crippen LogP contribution in [0, 0.1) is 20.2 Å². The molecule has 268 valence electrons. The van der Waals surface area contributed by atoms with Crippen molar-refractivity contribution in [2.45, 2.75) is 11.2 Å². The zero-order valence-electron chi connectivity index (χ0n) is 29.4. The highest BCUT2D eigenvalue weighted by molar-refractivity contribution is 6.32. The fraction of sp³-hybridized carbons (Fsp3) is 0.143. The second kappa shape index (κ2) is 15.1. The van der Waals surface area contributed by atoms with Gasteiger partial charge in [0.15, 0.2) is 0 Å². The quantitative estimate of drug-likeness (QED) is 0.0698. The van der Waals surface area contributed by atoms with Crippen molar-refractivity contribution in [3.8, 4) is 0 Å². The Morgan fingerprint density at radius 1 is 0.491 bits per heavy atom. The number of halogens is 2. The average Bonchev–Trinajstić information content (AvgIpc) is 3.17. The summed E-state index contributed by atoms with van der Waals surface area (Å²) in [5, 5.41) is 25.2.